The Bertz CT molecular complexity index is 1200. The van der Waals surface area contributed by atoms with Gasteiger partial charge in [-0.1, -0.05) is 32.9 Å². The second-order valence-electron chi connectivity index (χ2n) is 16.6. The first kappa shape index (κ1) is 44.9. The van der Waals surface area contributed by atoms with Crippen LogP contribution < -0.4 is 0 Å². The molecule has 0 aliphatic carbocycles. The summed E-state index contributed by atoms with van der Waals surface area (Å²) in [5.74, 6) is -4.24. The number of aliphatic hydroxyl groups excluding tert-OH is 3. The highest BCUT2D eigenvalue weighted by molar-refractivity contribution is 5.88. The first-order valence-corrected chi connectivity index (χ1v) is 18.7. The molecule has 18 atom stereocenters. The number of carbonyl (C=O) groups is 1. The van der Waals surface area contributed by atoms with Crippen LogP contribution in [0.1, 0.15) is 94.9 Å². The molecule has 3 heterocycles. The molecule has 3 fully saturated rings. The van der Waals surface area contributed by atoms with Gasteiger partial charge < -0.3 is 64.1 Å². The Kier molecular flexibility index (Phi) is 15.1. The summed E-state index contributed by atoms with van der Waals surface area (Å²) in [5, 5.41) is 71.8. The van der Waals surface area contributed by atoms with Gasteiger partial charge >= 0.3 is 5.97 Å². The maximum Gasteiger partial charge on any atom is 0.311 e. The molecule has 0 amide bonds. The van der Waals surface area contributed by atoms with Crippen LogP contribution in [0.25, 0.3) is 0 Å². The Labute approximate surface area is 309 Å². The highest BCUT2D eigenvalue weighted by atomic mass is 16.7. The van der Waals surface area contributed by atoms with Crippen molar-refractivity contribution < 1.29 is 64.0 Å². The second-order valence-corrected chi connectivity index (χ2v) is 16.6. The van der Waals surface area contributed by atoms with Gasteiger partial charge in [-0.05, 0) is 74.9 Å². The smallest absolute Gasteiger partial charge is 0.311 e. The summed E-state index contributed by atoms with van der Waals surface area (Å²) in [5.41, 5.74) is -4.68. The minimum Gasteiger partial charge on any atom is -0.459 e. The van der Waals surface area contributed by atoms with Crippen LogP contribution in [0.5, 0.6) is 0 Å². The lowest BCUT2D eigenvalue weighted by Crippen LogP contribution is -2.61. The van der Waals surface area contributed by atoms with Crippen LogP contribution in [-0.2, 0) is 33.2 Å². The van der Waals surface area contributed by atoms with Crippen LogP contribution in [0.15, 0.2) is 5.16 Å². The van der Waals surface area contributed by atoms with Gasteiger partial charge in [-0.25, -0.2) is 0 Å². The standard InChI is InChI=1S/C37H68N2O13/c1-14-25-37(10,45)30(41)20(4)27(38-46)18(2)16-35(8,44)32(52-34-28(40)24(39(11)12)15-19(3)48-34)21(5)29(22(6)33(43)50-25)51-26-17-36(9,47-13)31(42)23(7)49-26/h18-26,28-32,34,40-42,44-46H,14-17H2,1-13H3/b38-27+/t18-,19-,20+,21+,22-,23+,24+,25-,26+,28-,29+,30-,31+,32-,34+,35-,36-,37-/m0/s1. The van der Waals surface area contributed by atoms with Gasteiger partial charge in [0.2, 0.25) is 0 Å². The number of esters is 1. The predicted molar refractivity (Wildman–Crippen MR) is 190 cm³/mol. The second kappa shape index (κ2) is 17.5. The number of hydrogen-bond acceptors (Lipinski definition) is 15. The average Bonchev–Trinajstić information content (AvgIpc) is 3.06. The number of oxime groups is 1. The van der Waals surface area contributed by atoms with Crippen molar-refractivity contribution in [1.82, 2.24) is 4.90 Å². The minimum absolute atomic E-state index is 0.0657. The summed E-state index contributed by atoms with van der Waals surface area (Å²) in [6.07, 6.45) is -9.51. The van der Waals surface area contributed by atoms with Gasteiger partial charge in [0.05, 0.1) is 53.4 Å². The molecular formula is C37H68N2O13. The Morgan fingerprint density at radius 1 is 0.923 bits per heavy atom. The number of aliphatic hydroxyl groups is 5. The average molecular weight is 749 g/mol. The Hall–Kier alpha value is -1.50. The van der Waals surface area contributed by atoms with E-state index in [9.17, 15) is 35.5 Å². The van der Waals surface area contributed by atoms with Gasteiger partial charge in [0, 0.05) is 37.3 Å². The molecule has 0 radical (unpaired) electrons. The van der Waals surface area contributed by atoms with Crippen LogP contribution in [0.4, 0.5) is 0 Å². The highest BCUT2D eigenvalue weighted by Gasteiger charge is 2.53. The number of cyclic esters (lactones) is 1. The van der Waals surface area contributed by atoms with E-state index in [1.807, 2.05) is 25.9 Å². The van der Waals surface area contributed by atoms with Crippen LogP contribution in [0.3, 0.4) is 0 Å². The van der Waals surface area contributed by atoms with Crippen LogP contribution in [0.2, 0.25) is 0 Å². The minimum atomic E-state index is -1.97. The van der Waals surface area contributed by atoms with Crippen molar-refractivity contribution in [2.45, 2.75) is 179 Å². The van der Waals surface area contributed by atoms with E-state index in [0.29, 0.717) is 6.42 Å². The summed E-state index contributed by atoms with van der Waals surface area (Å²) in [6.45, 7) is 16.6. The highest BCUT2D eigenvalue weighted by Crippen LogP contribution is 2.41. The molecule has 15 heteroatoms. The van der Waals surface area contributed by atoms with Crippen molar-refractivity contribution in [3.05, 3.63) is 0 Å². The van der Waals surface area contributed by atoms with Gasteiger partial charge in [0.15, 0.2) is 12.6 Å². The maximum atomic E-state index is 14.1. The largest absolute Gasteiger partial charge is 0.459 e. The van der Waals surface area contributed by atoms with Crippen molar-refractivity contribution in [3.63, 3.8) is 0 Å². The molecule has 0 spiro atoms. The number of likely N-dealkylation sites (N-methyl/N-ethyl adjacent to an activating group) is 1. The van der Waals surface area contributed by atoms with Crippen molar-refractivity contribution in [1.29, 1.82) is 0 Å². The zero-order chi connectivity index (χ0) is 39.7. The number of carbonyl (C=O) groups excluding carboxylic acids is 1. The maximum absolute atomic E-state index is 14.1. The lowest BCUT2D eigenvalue weighted by Gasteiger charge is -2.49. The Morgan fingerprint density at radius 3 is 2.08 bits per heavy atom. The molecule has 52 heavy (non-hydrogen) atoms. The lowest BCUT2D eigenvalue weighted by molar-refractivity contribution is -0.317. The molecule has 0 aromatic carbocycles. The van der Waals surface area contributed by atoms with Crippen LogP contribution in [0, 0.1) is 23.7 Å². The Balaban J connectivity index is 2.21. The Morgan fingerprint density at radius 2 is 1.54 bits per heavy atom. The topological polar surface area (TPSA) is 209 Å². The normalized spacial score (nSPS) is 49.8. The van der Waals surface area contributed by atoms with Crippen molar-refractivity contribution in [3.8, 4) is 0 Å². The zero-order valence-electron chi connectivity index (χ0n) is 33.4. The molecule has 304 valence electrons. The fraction of sp³-hybridized carbons (Fsp3) is 0.946. The third-order valence-electron chi connectivity index (χ3n) is 12.0. The first-order valence-electron chi connectivity index (χ1n) is 18.7. The molecule has 3 saturated heterocycles. The van der Waals surface area contributed by atoms with Gasteiger partial charge in [-0.2, -0.15) is 0 Å². The van der Waals surface area contributed by atoms with Gasteiger partial charge in [-0.3, -0.25) is 4.79 Å². The molecule has 6 N–H and O–H groups in total. The monoisotopic (exact) mass is 748 g/mol. The quantitative estimate of drug-likeness (QED) is 0.125. The number of ether oxygens (including phenoxy) is 6. The first-order chi connectivity index (χ1) is 24.0. The van der Waals surface area contributed by atoms with E-state index < -0.39 is 102 Å². The van der Waals surface area contributed by atoms with Crippen LogP contribution >= 0.6 is 0 Å². The molecule has 0 unspecified atom stereocenters. The molecule has 0 bridgehead atoms. The fourth-order valence-electron chi connectivity index (χ4n) is 8.61. The van der Waals surface area contributed by atoms with Crippen molar-refractivity contribution in [2.75, 3.05) is 21.2 Å². The molecule has 0 aromatic rings. The lowest BCUT2D eigenvalue weighted by atomic mass is 9.73. The van der Waals surface area contributed by atoms with E-state index in [1.165, 1.54) is 14.0 Å². The zero-order valence-corrected chi connectivity index (χ0v) is 33.4. The van der Waals surface area contributed by atoms with Crippen molar-refractivity contribution in [2.24, 2.45) is 28.8 Å². The fourth-order valence-corrected chi connectivity index (χ4v) is 8.61. The molecule has 3 aliphatic rings. The molecular weight excluding hydrogens is 680 g/mol. The number of rotatable bonds is 7. The molecule has 0 saturated carbocycles. The van der Waals surface area contributed by atoms with E-state index in [0.717, 1.165) is 0 Å². The number of hydrogen-bond donors (Lipinski definition) is 6. The third-order valence-corrected chi connectivity index (χ3v) is 12.0. The summed E-state index contributed by atoms with van der Waals surface area (Å²) >= 11 is 0. The van der Waals surface area contributed by atoms with E-state index in [4.69, 9.17) is 28.4 Å². The van der Waals surface area contributed by atoms with Crippen LogP contribution in [-0.4, -0.2) is 153 Å². The van der Waals surface area contributed by atoms with E-state index in [2.05, 4.69) is 5.16 Å². The van der Waals surface area contributed by atoms with E-state index in [1.54, 1.807) is 55.4 Å². The molecule has 3 aliphatic heterocycles. The van der Waals surface area contributed by atoms with Crippen molar-refractivity contribution >= 4 is 11.7 Å². The van der Waals surface area contributed by atoms with Gasteiger partial charge in [-0.15, -0.1) is 0 Å². The van der Waals surface area contributed by atoms with E-state index in [-0.39, 0.29) is 37.1 Å². The predicted octanol–water partition coefficient (Wildman–Crippen LogP) is 2.05. The van der Waals surface area contributed by atoms with Gasteiger partial charge in [0.25, 0.3) is 0 Å². The SMILES string of the molecule is CC[C@@H]1OC(=O)[C@@H](C)[C@H](O[C@@H]2C[C@](C)(OC)[C@H](O)[C@@H](C)O2)[C@@H](C)[C@H](O[C@H]2O[C@@H](C)C[C@@H](N(C)C)[C@@H]2O)[C@@](C)(O)C[C@H](C)/C(=N\O)[C@@H](C)[C@H](O)[C@@]1(C)O. The summed E-state index contributed by atoms with van der Waals surface area (Å²) in [4.78, 5) is 16.0. The third kappa shape index (κ3) is 9.47. The molecule has 15 nitrogen and oxygen atoms in total. The summed E-state index contributed by atoms with van der Waals surface area (Å²) in [7, 11) is 5.19. The summed E-state index contributed by atoms with van der Waals surface area (Å²) < 4.78 is 37.2. The van der Waals surface area contributed by atoms with E-state index >= 15 is 0 Å². The molecule has 0 aromatic heterocycles. The summed E-state index contributed by atoms with van der Waals surface area (Å²) in [6, 6.07) is -0.322. The molecule has 3 rings (SSSR count). The number of nitrogens with zero attached hydrogens (tertiary/aromatic N) is 2. The number of methoxy groups -OCH3 is 1. The van der Waals surface area contributed by atoms with Gasteiger partial charge in [0.1, 0.15) is 23.9 Å².